The van der Waals surface area contributed by atoms with Crippen molar-refractivity contribution in [2.24, 2.45) is 0 Å². The van der Waals surface area contributed by atoms with Crippen molar-refractivity contribution in [3.63, 3.8) is 0 Å². The molecule has 8 nitrogen and oxygen atoms in total. The van der Waals surface area contributed by atoms with E-state index >= 15 is 0 Å². The number of H-pyrrole nitrogens is 1. The van der Waals surface area contributed by atoms with Crippen molar-refractivity contribution < 1.29 is 9.32 Å². The SMILES string of the molecule is Cc1ncc(Cl)cc1NC(=O)c1cc(-c2cccc3[nH]nnc23)on1. The van der Waals surface area contributed by atoms with E-state index in [0.717, 1.165) is 5.52 Å². The second kappa shape index (κ2) is 5.99. The van der Waals surface area contributed by atoms with Gasteiger partial charge in [0.05, 0.1) is 21.9 Å². The van der Waals surface area contributed by atoms with Crippen molar-refractivity contribution in [3.8, 4) is 11.3 Å². The van der Waals surface area contributed by atoms with Crippen molar-refractivity contribution >= 4 is 34.2 Å². The number of carbonyl (C=O) groups excluding carboxylic acids is 1. The molecule has 124 valence electrons. The lowest BCUT2D eigenvalue weighted by Gasteiger charge is -2.05. The van der Waals surface area contributed by atoms with Gasteiger partial charge in [-0.3, -0.25) is 14.9 Å². The van der Waals surface area contributed by atoms with Crippen molar-refractivity contribution in [3.05, 3.63) is 52.9 Å². The summed E-state index contributed by atoms with van der Waals surface area (Å²) in [5.41, 5.74) is 3.39. The highest BCUT2D eigenvalue weighted by atomic mass is 35.5. The smallest absolute Gasteiger partial charge is 0.277 e. The molecule has 25 heavy (non-hydrogen) atoms. The van der Waals surface area contributed by atoms with Gasteiger partial charge in [0.25, 0.3) is 5.91 Å². The van der Waals surface area contributed by atoms with Gasteiger partial charge in [-0.1, -0.05) is 28.0 Å². The Morgan fingerprint density at radius 3 is 3.08 bits per heavy atom. The van der Waals surface area contributed by atoms with Crippen LogP contribution in [-0.2, 0) is 0 Å². The number of aromatic amines is 1. The van der Waals surface area contributed by atoms with Gasteiger partial charge in [-0.2, -0.15) is 0 Å². The van der Waals surface area contributed by atoms with Crippen LogP contribution >= 0.6 is 11.6 Å². The lowest BCUT2D eigenvalue weighted by molar-refractivity contribution is 0.101. The van der Waals surface area contributed by atoms with E-state index in [1.165, 1.54) is 6.20 Å². The van der Waals surface area contributed by atoms with E-state index in [-0.39, 0.29) is 5.69 Å². The average molecular weight is 355 g/mol. The molecule has 3 heterocycles. The van der Waals surface area contributed by atoms with Gasteiger partial charge in [0.1, 0.15) is 5.52 Å². The van der Waals surface area contributed by atoms with E-state index in [2.05, 4.69) is 30.9 Å². The molecule has 0 radical (unpaired) electrons. The number of nitrogens with zero attached hydrogens (tertiary/aromatic N) is 4. The Morgan fingerprint density at radius 2 is 2.20 bits per heavy atom. The van der Waals surface area contributed by atoms with E-state index in [9.17, 15) is 4.79 Å². The second-order valence-electron chi connectivity index (χ2n) is 5.33. The Kier molecular flexibility index (Phi) is 3.66. The normalized spacial score (nSPS) is 11.0. The van der Waals surface area contributed by atoms with Crippen LogP contribution in [-0.4, -0.2) is 31.5 Å². The van der Waals surface area contributed by atoms with Gasteiger partial charge in [0, 0.05) is 17.8 Å². The summed E-state index contributed by atoms with van der Waals surface area (Å²) in [5, 5.41) is 17.6. The molecule has 2 N–H and O–H groups in total. The van der Waals surface area contributed by atoms with Crippen LogP contribution in [0.2, 0.25) is 5.02 Å². The predicted octanol–water partition coefficient (Wildman–Crippen LogP) is 3.22. The number of halogens is 1. The highest BCUT2D eigenvalue weighted by molar-refractivity contribution is 6.30. The molecule has 3 aromatic heterocycles. The molecular weight excluding hydrogens is 344 g/mol. The summed E-state index contributed by atoms with van der Waals surface area (Å²) < 4.78 is 5.31. The van der Waals surface area contributed by atoms with Crippen LogP contribution < -0.4 is 5.32 Å². The van der Waals surface area contributed by atoms with E-state index in [4.69, 9.17) is 16.1 Å². The number of aromatic nitrogens is 5. The monoisotopic (exact) mass is 354 g/mol. The number of anilines is 1. The second-order valence-corrected chi connectivity index (χ2v) is 5.77. The minimum atomic E-state index is -0.422. The summed E-state index contributed by atoms with van der Waals surface area (Å²) in [7, 11) is 0. The third-order valence-corrected chi connectivity index (χ3v) is 3.87. The molecule has 1 amide bonds. The van der Waals surface area contributed by atoms with Crippen LogP contribution in [0.5, 0.6) is 0 Å². The number of rotatable bonds is 3. The molecule has 1 aromatic carbocycles. The molecule has 0 bridgehead atoms. The predicted molar refractivity (Wildman–Crippen MR) is 91.3 cm³/mol. The zero-order chi connectivity index (χ0) is 17.4. The number of carbonyl (C=O) groups is 1. The zero-order valence-electron chi connectivity index (χ0n) is 12.9. The maximum atomic E-state index is 12.4. The fourth-order valence-electron chi connectivity index (χ4n) is 2.40. The van der Waals surface area contributed by atoms with Gasteiger partial charge in [0.2, 0.25) is 0 Å². The first-order valence-corrected chi connectivity index (χ1v) is 7.70. The molecule has 0 atom stereocenters. The molecule has 0 aliphatic rings. The van der Waals surface area contributed by atoms with Gasteiger partial charge >= 0.3 is 0 Å². The van der Waals surface area contributed by atoms with Crippen molar-refractivity contribution in [2.45, 2.75) is 6.92 Å². The largest absolute Gasteiger partial charge is 0.355 e. The maximum absolute atomic E-state index is 12.4. The van der Waals surface area contributed by atoms with Crippen LogP contribution in [0, 0.1) is 6.92 Å². The molecule has 0 unspecified atom stereocenters. The van der Waals surface area contributed by atoms with E-state index in [1.54, 1.807) is 19.1 Å². The number of benzene rings is 1. The molecule has 9 heteroatoms. The Bertz CT molecular complexity index is 1090. The molecule has 0 aliphatic carbocycles. The minimum absolute atomic E-state index is 0.134. The van der Waals surface area contributed by atoms with Crippen molar-refractivity contribution in [1.29, 1.82) is 0 Å². The summed E-state index contributed by atoms with van der Waals surface area (Å²) in [6, 6.07) is 8.67. The molecule has 4 aromatic rings. The topological polar surface area (TPSA) is 110 Å². The van der Waals surface area contributed by atoms with Crippen molar-refractivity contribution in [1.82, 2.24) is 25.6 Å². The summed E-state index contributed by atoms with van der Waals surface area (Å²) >= 11 is 5.91. The lowest BCUT2D eigenvalue weighted by atomic mass is 10.1. The number of pyridine rings is 1. The van der Waals surface area contributed by atoms with Gasteiger partial charge < -0.3 is 9.84 Å². The van der Waals surface area contributed by atoms with E-state index in [1.807, 2.05) is 18.2 Å². The van der Waals surface area contributed by atoms with Gasteiger partial charge in [-0.05, 0) is 25.1 Å². The minimum Gasteiger partial charge on any atom is -0.355 e. The third kappa shape index (κ3) is 2.83. The summed E-state index contributed by atoms with van der Waals surface area (Å²) in [4.78, 5) is 16.5. The first-order chi connectivity index (χ1) is 12.1. The molecule has 0 saturated carbocycles. The third-order valence-electron chi connectivity index (χ3n) is 3.67. The van der Waals surface area contributed by atoms with Crippen LogP contribution in [0.15, 0.2) is 41.1 Å². The van der Waals surface area contributed by atoms with Gasteiger partial charge in [0.15, 0.2) is 11.5 Å². The fraction of sp³-hybridized carbons (Fsp3) is 0.0625. The van der Waals surface area contributed by atoms with Gasteiger partial charge in [-0.15, -0.1) is 5.10 Å². The number of nitrogens with one attached hydrogen (secondary N) is 2. The molecule has 0 saturated heterocycles. The molecule has 0 aliphatic heterocycles. The van der Waals surface area contributed by atoms with Crippen LogP contribution in [0.4, 0.5) is 5.69 Å². The Balaban J connectivity index is 1.64. The number of hydrogen-bond acceptors (Lipinski definition) is 6. The van der Waals surface area contributed by atoms with Crippen LogP contribution in [0.25, 0.3) is 22.4 Å². The quantitative estimate of drug-likeness (QED) is 0.584. The number of hydrogen-bond donors (Lipinski definition) is 2. The van der Waals surface area contributed by atoms with E-state index < -0.39 is 5.91 Å². The highest BCUT2D eigenvalue weighted by Crippen LogP contribution is 2.27. The van der Waals surface area contributed by atoms with Crippen LogP contribution in [0.1, 0.15) is 16.2 Å². The molecule has 4 rings (SSSR count). The zero-order valence-corrected chi connectivity index (χ0v) is 13.7. The maximum Gasteiger partial charge on any atom is 0.277 e. The number of fused-ring (bicyclic) bond motifs is 1. The first kappa shape index (κ1) is 15.3. The molecular formula is C16H11ClN6O2. The van der Waals surface area contributed by atoms with Gasteiger partial charge in [-0.25, -0.2) is 0 Å². The highest BCUT2D eigenvalue weighted by Gasteiger charge is 2.17. The Morgan fingerprint density at radius 1 is 1.32 bits per heavy atom. The number of aryl methyl sites for hydroxylation is 1. The molecule has 0 spiro atoms. The first-order valence-electron chi connectivity index (χ1n) is 7.32. The lowest BCUT2D eigenvalue weighted by Crippen LogP contribution is -2.13. The summed E-state index contributed by atoms with van der Waals surface area (Å²) in [5.74, 6) is 0.0000792. The Labute approximate surface area is 146 Å². The number of amides is 1. The molecule has 0 fully saturated rings. The standard InChI is InChI=1S/C16H11ClN6O2/c1-8-12(5-9(17)7-18-8)19-16(24)13-6-14(25-22-13)10-3-2-4-11-15(10)21-23-20-11/h2-7H,1H3,(H,19,24)(H,20,21,23). The van der Waals surface area contributed by atoms with Crippen molar-refractivity contribution in [2.75, 3.05) is 5.32 Å². The fourth-order valence-corrected chi connectivity index (χ4v) is 2.56. The Hall–Kier alpha value is -3.26. The van der Waals surface area contributed by atoms with E-state index in [0.29, 0.717) is 33.2 Å². The summed E-state index contributed by atoms with van der Waals surface area (Å²) in [6.45, 7) is 1.77. The van der Waals surface area contributed by atoms with Crippen LogP contribution in [0.3, 0.4) is 0 Å². The average Bonchev–Trinajstić information content (AvgIpc) is 3.26. The summed E-state index contributed by atoms with van der Waals surface area (Å²) in [6.07, 6.45) is 1.51.